The number of cyclic esters (lactones) is 2. The Bertz CT molecular complexity index is 105. The lowest BCUT2D eigenvalue weighted by Gasteiger charge is -1.96. The van der Waals surface area contributed by atoms with Crippen LogP contribution >= 0.6 is 9.24 Å². The average Bonchev–Trinajstić information content (AvgIpc) is 1.85. The Balaban J connectivity index is 2.51. The van der Waals surface area contributed by atoms with Crippen LogP contribution in [-0.2, 0) is 9.47 Å². The second-order valence-electron chi connectivity index (χ2n) is 1.30. The van der Waals surface area contributed by atoms with Crippen molar-refractivity contribution in [1.82, 2.24) is 0 Å². The molecule has 5 heteroatoms. The molecule has 0 aromatic rings. The zero-order valence-electron chi connectivity index (χ0n) is 3.83. The van der Waals surface area contributed by atoms with Gasteiger partial charge in [-0.3, -0.25) is 0 Å². The zero-order chi connectivity index (χ0) is 6.15. The molecule has 3 atom stereocenters. The number of ether oxygens (including phenoxy) is 2. The highest BCUT2D eigenvalue weighted by Gasteiger charge is 2.32. The summed E-state index contributed by atoms with van der Waals surface area (Å²) in [6.45, 7) is 0. The van der Waals surface area contributed by atoms with E-state index in [9.17, 15) is 9.18 Å². The third-order valence-electron chi connectivity index (χ3n) is 0.699. The van der Waals surface area contributed by atoms with Crippen molar-refractivity contribution < 1.29 is 18.7 Å². The molecule has 0 aromatic carbocycles. The van der Waals surface area contributed by atoms with Crippen LogP contribution in [0.4, 0.5) is 9.18 Å². The van der Waals surface area contributed by atoms with Crippen molar-refractivity contribution >= 4 is 15.4 Å². The summed E-state index contributed by atoms with van der Waals surface area (Å²) >= 11 is 0. The van der Waals surface area contributed by atoms with Crippen molar-refractivity contribution in [2.45, 2.75) is 12.2 Å². The minimum absolute atomic E-state index is 0.831. The molecule has 0 bridgehead atoms. The molecule has 8 heavy (non-hydrogen) atoms. The van der Waals surface area contributed by atoms with Crippen LogP contribution in [0.1, 0.15) is 0 Å². The van der Waals surface area contributed by atoms with Crippen LogP contribution in [0.3, 0.4) is 0 Å². The Morgan fingerprint density at radius 2 is 2.25 bits per heavy atom. The maximum atomic E-state index is 12.0. The van der Waals surface area contributed by atoms with Crippen LogP contribution in [0.2, 0.25) is 0 Å². The van der Waals surface area contributed by atoms with Crippen molar-refractivity contribution in [3.63, 3.8) is 0 Å². The van der Waals surface area contributed by atoms with Gasteiger partial charge < -0.3 is 9.47 Å². The van der Waals surface area contributed by atoms with Gasteiger partial charge in [0.2, 0.25) is 0 Å². The predicted octanol–water partition coefficient (Wildman–Crippen LogP) is 0.650. The van der Waals surface area contributed by atoms with E-state index in [1.54, 1.807) is 0 Å². The molecule has 3 unspecified atom stereocenters. The number of carbonyl (C=O) groups excluding carboxylic acids is 1. The van der Waals surface area contributed by atoms with E-state index >= 15 is 0 Å². The average molecular weight is 138 g/mol. The number of rotatable bonds is 0. The van der Waals surface area contributed by atoms with Gasteiger partial charge >= 0.3 is 6.16 Å². The summed E-state index contributed by atoms with van der Waals surface area (Å²) in [6, 6.07) is 0. The van der Waals surface area contributed by atoms with E-state index in [4.69, 9.17) is 0 Å². The molecule has 46 valence electrons. The summed E-state index contributed by atoms with van der Waals surface area (Å²) in [5.41, 5.74) is 0. The molecule has 0 aromatic heterocycles. The standard InChI is InChI=1S/C3H4FO3P/c4-1-2(8)7-3(5)6-1/h1-2H,8H2. The first-order valence-electron chi connectivity index (χ1n) is 1.97. The van der Waals surface area contributed by atoms with E-state index in [0.29, 0.717) is 0 Å². The predicted molar refractivity (Wildman–Crippen MR) is 26.0 cm³/mol. The molecule has 0 radical (unpaired) electrons. The number of hydrogen-bond donors (Lipinski definition) is 0. The van der Waals surface area contributed by atoms with E-state index in [1.807, 2.05) is 9.24 Å². The van der Waals surface area contributed by atoms with Crippen molar-refractivity contribution in [2.75, 3.05) is 0 Å². The molecule has 1 heterocycles. The highest BCUT2D eigenvalue weighted by Crippen LogP contribution is 2.20. The van der Waals surface area contributed by atoms with Crippen LogP contribution in [0.15, 0.2) is 0 Å². The van der Waals surface area contributed by atoms with Gasteiger partial charge in [-0.1, -0.05) is 9.24 Å². The van der Waals surface area contributed by atoms with Gasteiger partial charge in [-0.2, -0.15) is 4.39 Å². The van der Waals surface area contributed by atoms with Gasteiger partial charge in [-0.25, -0.2) is 4.79 Å². The number of alkyl halides is 1. The highest BCUT2D eigenvalue weighted by atomic mass is 31.0. The fraction of sp³-hybridized carbons (Fsp3) is 0.667. The summed E-state index contributed by atoms with van der Waals surface area (Å²) in [6.07, 6.45) is -2.56. The largest absolute Gasteiger partial charge is 0.511 e. The topological polar surface area (TPSA) is 35.5 Å². The first-order chi connectivity index (χ1) is 3.70. The van der Waals surface area contributed by atoms with E-state index in [1.165, 1.54) is 0 Å². The van der Waals surface area contributed by atoms with E-state index < -0.39 is 18.4 Å². The molecule has 3 nitrogen and oxygen atoms in total. The zero-order valence-corrected chi connectivity index (χ0v) is 4.99. The third-order valence-corrected chi connectivity index (χ3v) is 1.14. The van der Waals surface area contributed by atoms with Crippen molar-refractivity contribution in [3.8, 4) is 0 Å². The molecule has 1 aliphatic rings. The minimum atomic E-state index is -1.62. The SMILES string of the molecule is O=C1OC(F)C(P)O1. The minimum Gasteiger partial charge on any atom is -0.420 e. The lowest BCUT2D eigenvalue weighted by Crippen LogP contribution is -2.07. The molecule has 1 rings (SSSR count). The Morgan fingerprint density at radius 3 is 2.38 bits per heavy atom. The van der Waals surface area contributed by atoms with Crippen LogP contribution in [0.25, 0.3) is 0 Å². The van der Waals surface area contributed by atoms with Crippen LogP contribution < -0.4 is 0 Å². The highest BCUT2D eigenvalue weighted by molar-refractivity contribution is 7.17. The normalized spacial score (nSPS) is 36.5. The van der Waals surface area contributed by atoms with Gasteiger partial charge in [-0.05, 0) is 0 Å². The third kappa shape index (κ3) is 0.892. The number of hydrogen-bond acceptors (Lipinski definition) is 3. The second kappa shape index (κ2) is 1.86. The van der Waals surface area contributed by atoms with Gasteiger partial charge in [-0.15, -0.1) is 0 Å². The molecule has 1 saturated heterocycles. The Morgan fingerprint density at radius 1 is 1.62 bits per heavy atom. The molecule has 0 N–H and O–H groups in total. The van der Waals surface area contributed by atoms with E-state index in [2.05, 4.69) is 9.47 Å². The summed E-state index contributed by atoms with van der Waals surface area (Å²) < 4.78 is 20.1. The second-order valence-corrected chi connectivity index (χ2v) is 1.96. The van der Waals surface area contributed by atoms with Gasteiger partial charge in [0.1, 0.15) is 0 Å². The van der Waals surface area contributed by atoms with Crippen LogP contribution in [-0.4, -0.2) is 18.4 Å². The summed E-state index contributed by atoms with van der Waals surface area (Å²) in [7, 11) is 1.99. The number of carbonyl (C=O) groups is 1. The fourth-order valence-corrected chi connectivity index (χ4v) is 0.541. The van der Waals surface area contributed by atoms with Crippen molar-refractivity contribution in [2.24, 2.45) is 0 Å². The lowest BCUT2D eigenvalue weighted by molar-refractivity contribution is 0.0522. The Labute approximate surface area is 47.3 Å². The van der Waals surface area contributed by atoms with Crippen LogP contribution in [0.5, 0.6) is 0 Å². The molecule has 0 saturated carbocycles. The fourth-order valence-electron chi connectivity index (χ4n) is 0.351. The summed E-state index contributed by atoms with van der Waals surface area (Å²) in [4.78, 5) is 9.97. The maximum absolute atomic E-state index is 12.0. The summed E-state index contributed by atoms with van der Waals surface area (Å²) in [5, 5.41) is 0. The first-order valence-corrected chi connectivity index (χ1v) is 2.64. The van der Waals surface area contributed by atoms with E-state index in [0.717, 1.165) is 0 Å². The molecule has 0 amide bonds. The first kappa shape index (κ1) is 5.76. The Hall–Kier alpha value is -0.370. The molecule has 1 fully saturated rings. The van der Waals surface area contributed by atoms with Crippen molar-refractivity contribution in [1.29, 1.82) is 0 Å². The van der Waals surface area contributed by atoms with Gasteiger partial charge in [0.15, 0.2) is 5.85 Å². The van der Waals surface area contributed by atoms with Gasteiger partial charge in [0.05, 0.1) is 0 Å². The molecule has 1 aliphatic heterocycles. The van der Waals surface area contributed by atoms with Crippen molar-refractivity contribution in [3.05, 3.63) is 0 Å². The monoisotopic (exact) mass is 138 g/mol. The molecule has 0 aliphatic carbocycles. The molecular weight excluding hydrogens is 134 g/mol. The van der Waals surface area contributed by atoms with Gasteiger partial charge in [0.25, 0.3) is 6.36 Å². The van der Waals surface area contributed by atoms with Crippen LogP contribution in [0, 0.1) is 0 Å². The maximum Gasteiger partial charge on any atom is 0.511 e. The molecule has 0 spiro atoms. The quantitative estimate of drug-likeness (QED) is 0.364. The molecular formula is C3H4FO3P. The lowest BCUT2D eigenvalue weighted by atomic mass is 10.7. The summed E-state index contributed by atoms with van der Waals surface area (Å²) in [5.74, 6) is -0.831. The van der Waals surface area contributed by atoms with Gasteiger partial charge in [0, 0.05) is 0 Å². The smallest absolute Gasteiger partial charge is 0.420 e. The Kier molecular flexibility index (Phi) is 1.34. The van der Waals surface area contributed by atoms with E-state index in [-0.39, 0.29) is 0 Å². The number of halogens is 1.